The van der Waals surface area contributed by atoms with Crippen LogP contribution in [0, 0.1) is 0 Å². The van der Waals surface area contributed by atoms with Gasteiger partial charge in [0, 0.05) is 15.8 Å². The molecule has 1 atom stereocenters. The molecule has 8 heteroatoms. The summed E-state index contributed by atoms with van der Waals surface area (Å²) >= 11 is 6.30. The van der Waals surface area contributed by atoms with E-state index in [1.807, 2.05) is 19.1 Å². The maximum absolute atomic E-state index is 13.4. The first kappa shape index (κ1) is 23.1. The van der Waals surface area contributed by atoms with Crippen LogP contribution in [0.1, 0.15) is 31.9 Å². The molecular weight excluding hydrogens is 438 g/mol. The van der Waals surface area contributed by atoms with E-state index >= 15 is 0 Å². The fraction of sp³-hybridized carbons (Fsp3) is 0.261. The molecule has 0 saturated heterocycles. The van der Waals surface area contributed by atoms with Crippen molar-refractivity contribution in [3.8, 4) is 5.75 Å². The van der Waals surface area contributed by atoms with E-state index in [9.17, 15) is 13.2 Å². The highest BCUT2D eigenvalue weighted by molar-refractivity contribution is 7.89. The Kier molecular flexibility index (Phi) is 7.54. The van der Waals surface area contributed by atoms with Gasteiger partial charge in [-0.2, -0.15) is 0 Å². The fourth-order valence-electron chi connectivity index (χ4n) is 3.37. The van der Waals surface area contributed by atoms with E-state index in [0.717, 1.165) is 0 Å². The van der Waals surface area contributed by atoms with Gasteiger partial charge in [-0.25, -0.2) is 13.1 Å². The molecule has 6 nitrogen and oxygen atoms in total. The van der Waals surface area contributed by atoms with Gasteiger partial charge < -0.3 is 9.47 Å². The third-order valence-electron chi connectivity index (χ3n) is 4.69. The van der Waals surface area contributed by atoms with Crippen molar-refractivity contribution < 1.29 is 22.7 Å². The van der Waals surface area contributed by atoms with Gasteiger partial charge in [-0.3, -0.25) is 4.79 Å². The van der Waals surface area contributed by atoms with E-state index in [1.54, 1.807) is 49.4 Å². The summed E-state index contributed by atoms with van der Waals surface area (Å²) in [6.07, 6.45) is -0.189. The molecule has 3 rings (SSSR count). The molecule has 1 N–H and O–H groups in total. The molecule has 3 aromatic carbocycles. The minimum atomic E-state index is -4.02. The van der Waals surface area contributed by atoms with Crippen molar-refractivity contribution in [2.75, 3.05) is 13.2 Å². The van der Waals surface area contributed by atoms with Gasteiger partial charge in [0.25, 0.3) is 0 Å². The number of carbonyl (C=O) groups excluding carboxylic acids is 1. The van der Waals surface area contributed by atoms with Crippen LogP contribution in [-0.2, 0) is 19.6 Å². The lowest BCUT2D eigenvalue weighted by atomic mass is 10.1. The zero-order chi connectivity index (χ0) is 22.4. The minimum absolute atomic E-state index is 0.0902. The zero-order valence-electron chi connectivity index (χ0n) is 17.3. The number of ether oxygens (including phenoxy) is 2. The number of benzene rings is 3. The van der Waals surface area contributed by atoms with Crippen LogP contribution in [0.5, 0.6) is 5.75 Å². The lowest BCUT2D eigenvalue weighted by Gasteiger charge is -2.20. The van der Waals surface area contributed by atoms with E-state index in [0.29, 0.717) is 33.7 Å². The van der Waals surface area contributed by atoms with Gasteiger partial charge >= 0.3 is 5.97 Å². The van der Waals surface area contributed by atoms with E-state index in [-0.39, 0.29) is 17.9 Å². The molecule has 0 aliphatic heterocycles. The fourth-order valence-corrected chi connectivity index (χ4v) is 5.06. The number of hydrogen-bond acceptors (Lipinski definition) is 5. The number of nitrogens with one attached hydrogen (secondary N) is 1. The Bertz CT molecular complexity index is 1180. The van der Waals surface area contributed by atoms with Gasteiger partial charge in [0.2, 0.25) is 10.0 Å². The van der Waals surface area contributed by atoms with Crippen LogP contribution in [0.15, 0.2) is 65.6 Å². The summed E-state index contributed by atoms with van der Waals surface area (Å²) in [5.74, 6) is 0.0814. The topological polar surface area (TPSA) is 81.7 Å². The number of halogens is 1. The first-order chi connectivity index (χ1) is 14.9. The average Bonchev–Trinajstić information content (AvgIpc) is 2.74. The molecule has 0 unspecified atom stereocenters. The summed E-state index contributed by atoms with van der Waals surface area (Å²) in [6.45, 7) is 4.22. The second-order valence-electron chi connectivity index (χ2n) is 6.74. The summed E-state index contributed by atoms with van der Waals surface area (Å²) in [7, 11) is -4.02. The summed E-state index contributed by atoms with van der Waals surface area (Å²) in [4.78, 5) is 12.3. The van der Waals surface area contributed by atoms with E-state index < -0.39 is 22.0 Å². The highest BCUT2D eigenvalue weighted by Gasteiger charge is 2.27. The predicted molar refractivity (Wildman–Crippen MR) is 121 cm³/mol. The maximum atomic E-state index is 13.4. The standard InChI is InChI=1S/C23H24ClNO5S/c1-3-29-21-13-14-22(17-10-6-5-9-16(17)21)31(27,28)25-20(15-23(26)30-4-2)18-11-7-8-12-19(18)24/h5-14,20,25H,3-4,15H2,1-2H3/t20-/m0/s1. The molecule has 0 heterocycles. The van der Waals surface area contributed by atoms with Crippen LogP contribution in [0.4, 0.5) is 0 Å². The van der Waals surface area contributed by atoms with Gasteiger partial charge in [-0.1, -0.05) is 54.1 Å². The van der Waals surface area contributed by atoms with E-state index in [2.05, 4.69) is 4.72 Å². The number of carbonyl (C=O) groups is 1. The second kappa shape index (κ2) is 10.1. The molecule has 0 aliphatic rings. The molecule has 0 radical (unpaired) electrons. The molecule has 0 amide bonds. The molecule has 0 fully saturated rings. The van der Waals surface area contributed by atoms with Crippen LogP contribution in [0.2, 0.25) is 5.02 Å². The Morgan fingerprint density at radius 1 is 0.968 bits per heavy atom. The SMILES string of the molecule is CCOC(=O)C[C@H](NS(=O)(=O)c1ccc(OCC)c2ccccc12)c1ccccc1Cl. The molecule has 31 heavy (non-hydrogen) atoms. The number of sulfonamides is 1. The Morgan fingerprint density at radius 3 is 2.32 bits per heavy atom. The largest absolute Gasteiger partial charge is 0.493 e. The van der Waals surface area contributed by atoms with Crippen molar-refractivity contribution in [3.63, 3.8) is 0 Å². The Labute approximate surface area is 187 Å². The molecule has 0 saturated carbocycles. The second-order valence-corrected chi connectivity index (χ2v) is 8.83. The van der Waals surface area contributed by atoms with Crippen molar-refractivity contribution in [2.24, 2.45) is 0 Å². The molecule has 0 aliphatic carbocycles. The van der Waals surface area contributed by atoms with Gasteiger partial charge in [0.15, 0.2) is 0 Å². The third-order valence-corrected chi connectivity index (χ3v) is 6.56. The minimum Gasteiger partial charge on any atom is -0.493 e. The van der Waals surface area contributed by atoms with Gasteiger partial charge in [0.05, 0.1) is 30.6 Å². The molecule has 164 valence electrons. The van der Waals surface area contributed by atoms with Crippen LogP contribution in [-0.4, -0.2) is 27.6 Å². The number of rotatable bonds is 9. The van der Waals surface area contributed by atoms with Crippen molar-refractivity contribution in [1.82, 2.24) is 4.72 Å². The summed E-state index contributed by atoms with van der Waals surface area (Å²) in [5.41, 5.74) is 0.496. The van der Waals surface area contributed by atoms with Crippen molar-refractivity contribution in [3.05, 3.63) is 71.2 Å². The first-order valence-electron chi connectivity index (χ1n) is 9.94. The van der Waals surface area contributed by atoms with Gasteiger partial charge in [0.1, 0.15) is 5.75 Å². The highest BCUT2D eigenvalue weighted by Crippen LogP contribution is 2.33. The lowest BCUT2D eigenvalue weighted by molar-refractivity contribution is -0.143. The number of esters is 1. The van der Waals surface area contributed by atoms with Crippen LogP contribution < -0.4 is 9.46 Å². The van der Waals surface area contributed by atoms with Crippen LogP contribution in [0.25, 0.3) is 10.8 Å². The zero-order valence-corrected chi connectivity index (χ0v) is 18.9. The Balaban J connectivity index is 2.04. The monoisotopic (exact) mass is 461 g/mol. The number of hydrogen-bond donors (Lipinski definition) is 1. The van der Waals surface area contributed by atoms with Crippen molar-refractivity contribution >= 4 is 38.4 Å². The molecule has 0 bridgehead atoms. The summed E-state index contributed by atoms with van der Waals surface area (Å²) in [5, 5.41) is 1.57. The quantitative estimate of drug-likeness (QED) is 0.460. The Morgan fingerprint density at radius 2 is 1.65 bits per heavy atom. The molecule has 0 aromatic heterocycles. The molecule has 3 aromatic rings. The normalized spacial score (nSPS) is 12.5. The van der Waals surface area contributed by atoms with Crippen molar-refractivity contribution in [2.45, 2.75) is 31.2 Å². The average molecular weight is 462 g/mol. The predicted octanol–water partition coefficient (Wildman–Crippen LogP) is 4.86. The summed E-state index contributed by atoms with van der Waals surface area (Å²) in [6, 6.07) is 16.2. The first-order valence-corrected chi connectivity index (χ1v) is 11.8. The third kappa shape index (κ3) is 5.36. The molecular formula is C23H24ClNO5S. The van der Waals surface area contributed by atoms with Gasteiger partial charge in [-0.15, -0.1) is 0 Å². The smallest absolute Gasteiger partial charge is 0.307 e. The highest BCUT2D eigenvalue weighted by atomic mass is 35.5. The summed E-state index contributed by atoms with van der Waals surface area (Å²) < 4.78 is 40.1. The van der Waals surface area contributed by atoms with Crippen LogP contribution in [0.3, 0.4) is 0 Å². The number of fused-ring (bicyclic) bond motifs is 1. The van der Waals surface area contributed by atoms with Gasteiger partial charge in [-0.05, 0) is 37.6 Å². The van der Waals surface area contributed by atoms with Crippen LogP contribution >= 0.6 is 11.6 Å². The molecule has 0 spiro atoms. The Hall–Kier alpha value is -2.61. The van der Waals surface area contributed by atoms with E-state index in [1.165, 1.54) is 6.07 Å². The van der Waals surface area contributed by atoms with Crippen molar-refractivity contribution in [1.29, 1.82) is 0 Å². The van der Waals surface area contributed by atoms with E-state index in [4.69, 9.17) is 21.1 Å². The maximum Gasteiger partial charge on any atom is 0.307 e. The lowest BCUT2D eigenvalue weighted by Crippen LogP contribution is -2.31.